The smallest absolute Gasteiger partial charge is 0.236 e. The molecule has 0 spiro atoms. The van der Waals surface area contributed by atoms with Gasteiger partial charge in [-0.1, -0.05) is 44.2 Å². The summed E-state index contributed by atoms with van der Waals surface area (Å²) in [6.07, 6.45) is 0. The highest BCUT2D eigenvalue weighted by Crippen LogP contribution is 2.22. The first kappa shape index (κ1) is 19.2. The van der Waals surface area contributed by atoms with Gasteiger partial charge < -0.3 is 20.2 Å². The minimum Gasteiger partial charge on any atom is -0.508 e. The number of benzene rings is 2. The number of nitrogens with zero attached hydrogens (tertiary/aromatic N) is 2. The van der Waals surface area contributed by atoms with E-state index < -0.39 is 0 Å². The normalized spacial score (nSPS) is 15.8. The monoisotopic (exact) mass is 367 g/mol. The van der Waals surface area contributed by atoms with Gasteiger partial charge in [0.05, 0.1) is 6.54 Å². The van der Waals surface area contributed by atoms with E-state index in [0.717, 1.165) is 31.9 Å². The van der Waals surface area contributed by atoms with Gasteiger partial charge in [-0.3, -0.25) is 4.79 Å². The van der Waals surface area contributed by atoms with Crippen LogP contribution in [0.1, 0.15) is 25.5 Å². The molecule has 1 fully saturated rings. The van der Waals surface area contributed by atoms with Crippen molar-refractivity contribution in [2.45, 2.75) is 19.9 Å². The van der Waals surface area contributed by atoms with Crippen LogP contribution in [0.3, 0.4) is 0 Å². The molecule has 2 N–H and O–H groups in total. The molecule has 0 unspecified atom stereocenters. The Balaban J connectivity index is 1.51. The molecule has 2 aromatic carbocycles. The molecule has 1 aliphatic rings. The van der Waals surface area contributed by atoms with E-state index in [9.17, 15) is 9.90 Å². The highest BCUT2D eigenvalue weighted by atomic mass is 16.3. The number of piperazine rings is 1. The number of rotatable bonds is 6. The van der Waals surface area contributed by atoms with Crippen molar-refractivity contribution in [2.75, 3.05) is 37.6 Å². The molecule has 0 bridgehead atoms. The number of hydrogen-bond donors (Lipinski definition) is 2. The van der Waals surface area contributed by atoms with E-state index in [1.165, 1.54) is 5.56 Å². The van der Waals surface area contributed by atoms with Gasteiger partial charge in [-0.05, 0) is 35.7 Å². The number of phenolic OH excluding ortho intramolecular Hbond substituents is 1. The highest BCUT2D eigenvalue weighted by molar-refractivity contribution is 5.78. The van der Waals surface area contributed by atoms with Gasteiger partial charge in [0.1, 0.15) is 5.75 Å². The summed E-state index contributed by atoms with van der Waals surface area (Å²) in [5.41, 5.74) is 2.31. The summed E-state index contributed by atoms with van der Waals surface area (Å²) >= 11 is 0. The fourth-order valence-electron chi connectivity index (χ4n) is 3.59. The standard InChI is InChI=1S/C22H29N3O2/c1-17(2)22(18-6-4-3-5-7-18)23-16-21(27)25-14-12-24(13-15-25)19-8-10-20(26)11-9-19/h3-11,17,22-23,26H,12-16H2,1-2H3/t22-/m0/s1. The molecule has 0 saturated carbocycles. The fourth-order valence-corrected chi connectivity index (χ4v) is 3.59. The van der Waals surface area contributed by atoms with E-state index in [1.54, 1.807) is 12.1 Å². The first-order valence-corrected chi connectivity index (χ1v) is 9.64. The molecule has 1 heterocycles. The van der Waals surface area contributed by atoms with Crippen LogP contribution in [-0.2, 0) is 4.79 Å². The van der Waals surface area contributed by atoms with Gasteiger partial charge >= 0.3 is 0 Å². The molecule has 1 atom stereocenters. The van der Waals surface area contributed by atoms with Crippen LogP contribution < -0.4 is 10.2 Å². The molecule has 1 aliphatic heterocycles. The van der Waals surface area contributed by atoms with Gasteiger partial charge in [-0.15, -0.1) is 0 Å². The third-order valence-electron chi connectivity index (χ3n) is 5.15. The average molecular weight is 367 g/mol. The van der Waals surface area contributed by atoms with E-state index in [4.69, 9.17) is 0 Å². The Bertz CT molecular complexity index is 723. The van der Waals surface area contributed by atoms with Crippen LogP contribution in [0.15, 0.2) is 54.6 Å². The third-order valence-corrected chi connectivity index (χ3v) is 5.15. The molecule has 0 aromatic heterocycles. The second-order valence-corrected chi connectivity index (χ2v) is 7.40. The molecule has 2 aromatic rings. The van der Waals surface area contributed by atoms with Gasteiger partial charge in [0.15, 0.2) is 0 Å². The predicted octanol–water partition coefficient (Wildman–Crippen LogP) is 3.03. The number of anilines is 1. The largest absolute Gasteiger partial charge is 0.508 e. The maximum absolute atomic E-state index is 12.7. The van der Waals surface area contributed by atoms with E-state index in [0.29, 0.717) is 12.5 Å². The molecule has 144 valence electrons. The van der Waals surface area contributed by atoms with E-state index in [-0.39, 0.29) is 17.7 Å². The zero-order valence-corrected chi connectivity index (χ0v) is 16.1. The van der Waals surface area contributed by atoms with Crippen LogP contribution in [0.5, 0.6) is 5.75 Å². The molecule has 5 nitrogen and oxygen atoms in total. The number of hydrogen-bond acceptors (Lipinski definition) is 4. The molecule has 0 aliphatic carbocycles. The minimum atomic E-state index is 0.155. The molecular formula is C22H29N3O2. The van der Waals surface area contributed by atoms with Crippen LogP contribution in [0.4, 0.5) is 5.69 Å². The van der Waals surface area contributed by atoms with Gasteiger partial charge in [-0.25, -0.2) is 0 Å². The van der Waals surface area contributed by atoms with Crippen molar-refractivity contribution < 1.29 is 9.90 Å². The maximum atomic E-state index is 12.7. The summed E-state index contributed by atoms with van der Waals surface area (Å²) in [5.74, 6) is 0.838. The van der Waals surface area contributed by atoms with Crippen LogP contribution in [0.2, 0.25) is 0 Å². The Morgan fingerprint density at radius 2 is 1.63 bits per heavy atom. The zero-order valence-electron chi connectivity index (χ0n) is 16.1. The van der Waals surface area contributed by atoms with E-state index in [2.05, 4.69) is 36.2 Å². The number of carbonyl (C=O) groups excluding carboxylic acids is 1. The molecule has 0 radical (unpaired) electrons. The lowest BCUT2D eigenvalue weighted by atomic mass is 9.96. The lowest BCUT2D eigenvalue weighted by Crippen LogP contribution is -2.51. The molecule has 1 amide bonds. The first-order valence-electron chi connectivity index (χ1n) is 9.64. The summed E-state index contributed by atoms with van der Waals surface area (Å²) in [5, 5.41) is 12.9. The van der Waals surface area contributed by atoms with Crippen molar-refractivity contribution in [1.82, 2.24) is 10.2 Å². The molecule has 1 saturated heterocycles. The van der Waals surface area contributed by atoms with Crippen molar-refractivity contribution in [3.05, 3.63) is 60.2 Å². The summed E-state index contributed by atoms with van der Waals surface area (Å²) in [7, 11) is 0. The van der Waals surface area contributed by atoms with E-state index in [1.807, 2.05) is 35.2 Å². The van der Waals surface area contributed by atoms with Crippen LogP contribution >= 0.6 is 0 Å². The number of carbonyl (C=O) groups is 1. The second-order valence-electron chi connectivity index (χ2n) is 7.40. The molecular weight excluding hydrogens is 338 g/mol. The van der Waals surface area contributed by atoms with Gasteiger partial charge in [0, 0.05) is 37.9 Å². The number of phenols is 1. The SMILES string of the molecule is CC(C)[C@H](NCC(=O)N1CCN(c2ccc(O)cc2)CC1)c1ccccc1. The number of aromatic hydroxyl groups is 1. The van der Waals surface area contributed by atoms with Crippen molar-refractivity contribution in [3.63, 3.8) is 0 Å². The van der Waals surface area contributed by atoms with Crippen LogP contribution in [-0.4, -0.2) is 48.6 Å². The van der Waals surface area contributed by atoms with Gasteiger partial charge in [0.25, 0.3) is 0 Å². The molecule has 3 rings (SSSR count). The number of amides is 1. The number of nitrogens with one attached hydrogen (secondary N) is 1. The summed E-state index contributed by atoms with van der Waals surface area (Å²) < 4.78 is 0. The van der Waals surface area contributed by atoms with Crippen molar-refractivity contribution >= 4 is 11.6 Å². The van der Waals surface area contributed by atoms with E-state index >= 15 is 0 Å². The summed E-state index contributed by atoms with van der Waals surface area (Å²) in [6, 6.07) is 17.7. The Morgan fingerprint density at radius 3 is 2.22 bits per heavy atom. The maximum Gasteiger partial charge on any atom is 0.236 e. The third kappa shape index (κ3) is 5.01. The lowest BCUT2D eigenvalue weighted by molar-refractivity contribution is -0.130. The Morgan fingerprint density at radius 1 is 1.00 bits per heavy atom. The quantitative estimate of drug-likeness (QED) is 0.824. The molecule has 5 heteroatoms. The topological polar surface area (TPSA) is 55.8 Å². The summed E-state index contributed by atoms with van der Waals surface area (Å²) in [4.78, 5) is 16.8. The average Bonchev–Trinajstić information content (AvgIpc) is 2.69. The first-order chi connectivity index (χ1) is 13.0. The highest BCUT2D eigenvalue weighted by Gasteiger charge is 2.23. The second kappa shape index (κ2) is 8.91. The zero-order chi connectivity index (χ0) is 19.2. The fraction of sp³-hybridized carbons (Fsp3) is 0.409. The van der Waals surface area contributed by atoms with Crippen LogP contribution in [0.25, 0.3) is 0 Å². The van der Waals surface area contributed by atoms with Crippen molar-refractivity contribution in [1.29, 1.82) is 0 Å². The lowest BCUT2D eigenvalue weighted by Gasteiger charge is -2.36. The van der Waals surface area contributed by atoms with Gasteiger partial charge in [-0.2, -0.15) is 0 Å². The molecule has 27 heavy (non-hydrogen) atoms. The Labute approximate surface area is 161 Å². The Hall–Kier alpha value is -2.53. The minimum absolute atomic E-state index is 0.155. The van der Waals surface area contributed by atoms with Crippen molar-refractivity contribution in [3.8, 4) is 5.75 Å². The predicted molar refractivity (Wildman–Crippen MR) is 109 cm³/mol. The van der Waals surface area contributed by atoms with Crippen LogP contribution in [0, 0.1) is 5.92 Å². The van der Waals surface area contributed by atoms with Crippen molar-refractivity contribution in [2.24, 2.45) is 5.92 Å². The summed E-state index contributed by atoms with van der Waals surface area (Å²) in [6.45, 7) is 7.76. The van der Waals surface area contributed by atoms with Gasteiger partial charge in [0.2, 0.25) is 5.91 Å². The Kier molecular flexibility index (Phi) is 6.35.